The van der Waals surface area contributed by atoms with Crippen molar-refractivity contribution < 1.29 is 14.0 Å². The average molecular weight is 529 g/mol. The molecule has 11 heteroatoms. The minimum atomic E-state index is 0.149. The van der Waals surface area contributed by atoms with E-state index < -0.39 is 0 Å². The van der Waals surface area contributed by atoms with Crippen molar-refractivity contribution in [2.24, 2.45) is 0 Å². The minimum Gasteiger partial charge on any atom is -0.493 e. The van der Waals surface area contributed by atoms with Crippen LogP contribution in [0.1, 0.15) is 43.3 Å². The smallest absolute Gasteiger partial charge is 0.229 e. The first kappa shape index (κ1) is 24.5. The molecule has 0 saturated heterocycles. The predicted octanol–water partition coefficient (Wildman–Crippen LogP) is 5.90. The summed E-state index contributed by atoms with van der Waals surface area (Å²) in [4.78, 5) is 13.3. The first-order valence-electron chi connectivity index (χ1n) is 11.7. The largest absolute Gasteiger partial charge is 0.493 e. The van der Waals surface area contributed by atoms with Crippen LogP contribution in [-0.4, -0.2) is 40.3 Å². The van der Waals surface area contributed by atoms with E-state index in [-0.39, 0.29) is 6.61 Å². The Labute approximate surface area is 218 Å². The number of nitrogens with zero attached hydrogens (tertiary/aromatic N) is 4. The zero-order valence-electron chi connectivity index (χ0n) is 19.9. The van der Waals surface area contributed by atoms with Gasteiger partial charge < -0.3 is 24.6 Å². The SMILES string of the molecule is CNC1CCC(c2nc(COc3cc4ncnc(Nc5ccc(Cl)c(Cl)c5)c4cc3OC)no2)CC1. The summed E-state index contributed by atoms with van der Waals surface area (Å²) >= 11 is 12.2. The Balaban J connectivity index is 1.32. The number of methoxy groups -OCH3 is 1. The van der Waals surface area contributed by atoms with Crippen LogP contribution in [-0.2, 0) is 6.61 Å². The molecule has 0 spiro atoms. The van der Waals surface area contributed by atoms with E-state index >= 15 is 0 Å². The van der Waals surface area contributed by atoms with Crippen molar-refractivity contribution in [3.05, 3.63) is 58.4 Å². The molecular formula is C25H26Cl2N6O3. The van der Waals surface area contributed by atoms with Gasteiger partial charge in [-0.2, -0.15) is 4.98 Å². The predicted molar refractivity (Wildman–Crippen MR) is 139 cm³/mol. The van der Waals surface area contributed by atoms with Crippen LogP contribution < -0.4 is 20.1 Å². The average Bonchev–Trinajstić information content (AvgIpc) is 3.38. The fourth-order valence-electron chi connectivity index (χ4n) is 4.41. The molecule has 2 aromatic carbocycles. The molecule has 0 amide bonds. The van der Waals surface area contributed by atoms with Gasteiger partial charge in [-0.3, -0.25) is 0 Å². The third-order valence-corrected chi connectivity index (χ3v) is 7.17. The fraction of sp³-hybridized carbons (Fsp3) is 0.360. The molecule has 2 aromatic heterocycles. The number of rotatable bonds is 8. The quantitative estimate of drug-likeness (QED) is 0.289. The third kappa shape index (κ3) is 5.33. The molecule has 36 heavy (non-hydrogen) atoms. The van der Waals surface area contributed by atoms with Gasteiger partial charge in [0.25, 0.3) is 0 Å². The van der Waals surface area contributed by atoms with Crippen LogP contribution in [0.4, 0.5) is 11.5 Å². The summed E-state index contributed by atoms with van der Waals surface area (Å²) in [7, 11) is 3.59. The first-order valence-corrected chi connectivity index (χ1v) is 12.5. The molecule has 0 atom stereocenters. The maximum atomic E-state index is 6.15. The molecule has 0 unspecified atom stereocenters. The van der Waals surface area contributed by atoms with Crippen LogP contribution in [0, 0.1) is 0 Å². The first-order chi connectivity index (χ1) is 17.5. The van der Waals surface area contributed by atoms with E-state index in [9.17, 15) is 0 Å². The van der Waals surface area contributed by atoms with Gasteiger partial charge in [-0.1, -0.05) is 28.4 Å². The Bertz CT molecular complexity index is 1360. The number of benzene rings is 2. The number of hydrogen-bond donors (Lipinski definition) is 2. The van der Waals surface area contributed by atoms with Crippen molar-refractivity contribution in [1.82, 2.24) is 25.4 Å². The summed E-state index contributed by atoms with van der Waals surface area (Å²) in [6.07, 6.45) is 5.75. The van der Waals surface area contributed by atoms with Crippen LogP contribution in [0.25, 0.3) is 10.9 Å². The highest BCUT2D eigenvalue weighted by Gasteiger charge is 2.26. The van der Waals surface area contributed by atoms with Crippen LogP contribution in [0.15, 0.2) is 41.2 Å². The summed E-state index contributed by atoms with van der Waals surface area (Å²) in [5.41, 5.74) is 1.43. The topological polar surface area (TPSA) is 107 Å². The Morgan fingerprint density at radius 1 is 1.03 bits per heavy atom. The lowest BCUT2D eigenvalue weighted by Crippen LogP contribution is -2.29. The van der Waals surface area contributed by atoms with Crippen molar-refractivity contribution in [2.75, 3.05) is 19.5 Å². The monoisotopic (exact) mass is 528 g/mol. The van der Waals surface area contributed by atoms with Gasteiger partial charge in [0, 0.05) is 29.1 Å². The van der Waals surface area contributed by atoms with Crippen molar-refractivity contribution in [3.63, 3.8) is 0 Å². The van der Waals surface area contributed by atoms with Gasteiger partial charge in [0.15, 0.2) is 18.1 Å². The molecule has 1 aliphatic rings. The summed E-state index contributed by atoms with van der Waals surface area (Å²) in [6.45, 7) is 0.149. The minimum absolute atomic E-state index is 0.149. The highest BCUT2D eigenvalue weighted by Crippen LogP contribution is 2.36. The maximum absolute atomic E-state index is 6.15. The Kier molecular flexibility index (Phi) is 7.41. The van der Waals surface area contributed by atoms with Crippen molar-refractivity contribution in [1.29, 1.82) is 0 Å². The molecular weight excluding hydrogens is 503 g/mol. The second-order valence-electron chi connectivity index (χ2n) is 8.67. The molecule has 2 N–H and O–H groups in total. The highest BCUT2D eigenvalue weighted by molar-refractivity contribution is 6.42. The number of hydrogen-bond acceptors (Lipinski definition) is 9. The van der Waals surface area contributed by atoms with Crippen LogP contribution in [0.5, 0.6) is 11.5 Å². The number of fused-ring (bicyclic) bond motifs is 1. The molecule has 0 radical (unpaired) electrons. The number of aromatic nitrogens is 4. The molecule has 5 rings (SSSR count). The molecule has 4 aromatic rings. The van der Waals surface area contributed by atoms with E-state index in [4.69, 9.17) is 37.2 Å². The zero-order valence-corrected chi connectivity index (χ0v) is 21.4. The Hall–Kier alpha value is -3.14. The van der Waals surface area contributed by atoms with Gasteiger partial charge in [-0.25, -0.2) is 9.97 Å². The van der Waals surface area contributed by atoms with E-state index in [1.807, 2.05) is 19.2 Å². The normalized spacial score (nSPS) is 17.8. The Morgan fingerprint density at radius 3 is 2.61 bits per heavy atom. The number of anilines is 2. The van der Waals surface area contributed by atoms with Crippen molar-refractivity contribution >= 4 is 45.6 Å². The van der Waals surface area contributed by atoms with Crippen LogP contribution in [0.2, 0.25) is 10.0 Å². The maximum Gasteiger partial charge on any atom is 0.229 e. The molecule has 9 nitrogen and oxygen atoms in total. The Morgan fingerprint density at radius 2 is 1.86 bits per heavy atom. The lowest BCUT2D eigenvalue weighted by molar-refractivity contribution is 0.264. The molecule has 0 aliphatic heterocycles. The molecule has 188 valence electrons. The fourth-order valence-corrected chi connectivity index (χ4v) is 4.71. The number of halogens is 2. The van der Waals surface area contributed by atoms with Gasteiger partial charge in [-0.05, 0) is 57.0 Å². The summed E-state index contributed by atoms with van der Waals surface area (Å²) in [5, 5.41) is 12.4. The van der Waals surface area contributed by atoms with Crippen LogP contribution >= 0.6 is 23.2 Å². The standard InChI is InChI=1S/C25H26Cl2N6O3/c1-28-15-5-3-14(4-6-15)25-32-23(33-36-25)12-35-22-11-20-17(10-21(22)34-2)24(30-13-29-20)31-16-7-8-18(26)19(27)9-16/h7-11,13-15,28H,3-6,12H2,1-2H3,(H,29,30,31). The number of ether oxygens (including phenoxy) is 2. The van der Waals surface area contributed by atoms with Crippen molar-refractivity contribution in [3.8, 4) is 11.5 Å². The van der Waals surface area contributed by atoms with Gasteiger partial charge >= 0.3 is 0 Å². The van der Waals surface area contributed by atoms with E-state index in [1.54, 1.807) is 25.3 Å². The molecule has 1 aliphatic carbocycles. The molecule has 1 saturated carbocycles. The van der Waals surface area contributed by atoms with E-state index in [1.165, 1.54) is 6.33 Å². The number of nitrogens with one attached hydrogen (secondary N) is 2. The van der Waals surface area contributed by atoms with Crippen LogP contribution in [0.3, 0.4) is 0 Å². The summed E-state index contributed by atoms with van der Waals surface area (Å²) in [6, 6.07) is 9.47. The second kappa shape index (κ2) is 10.9. The van der Waals surface area contributed by atoms with Gasteiger partial charge in [0.2, 0.25) is 11.7 Å². The van der Waals surface area contributed by atoms with Crippen molar-refractivity contribution in [2.45, 2.75) is 44.2 Å². The highest BCUT2D eigenvalue weighted by atomic mass is 35.5. The second-order valence-corrected chi connectivity index (χ2v) is 9.49. The summed E-state index contributed by atoms with van der Waals surface area (Å²) in [5.74, 6) is 3.11. The molecule has 0 bridgehead atoms. The van der Waals surface area contributed by atoms with Gasteiger partial charge in [-0.15, -0.1) is 0 Å². The van der Waals surface area contributed by atoms with E-state index in [0.717, 1.165) is 36.8 Å². The third-order valence-electron chi connectivity index (χ3n) is 6.43. The van der Waals surface area contributed by atoms with Gasteiger partial charge in [0.1, 0.15) is 12.1 Å². The summed E-state index contributed by atoms with van der Waals surface area (Å²) < 4.78 is 17.1. The molecule has 1 fully saturated rings. The van der Waals surface area contributed by atoms with E-state index in [0.29, 0.717) is 56.6 Å². The van der Waals surface area contributed by atoms with E-state index in [2.05, 4.69) is 30.7 Å². The molecule has 2 heterocycles. The lowest BCUT2D eigenvalue weighted by Gasteiger charge is -2.25. The zero-order chi connectivity index (χ0) is 25.1. The van der Waals surface area contributed by atoms with Gasteiger partial charge in [0.05, 0.1) is 22.7 Å². The lowest BCUT2D eigenvalue weighted by atomic mass is 9.86.